The molecule has 20 heteroatoms. The third-order valence-corrected chi connectivity index (χ3v) is 33.4. The van der Waals surface area contributed by atoms with Crippen molar-refractivity contribution in [2.45, 2.75) is 167 Å². The molecule has 2 rings (SSSR count). The van der Waals surface area contributed by atoms with Crippen LogP contribution in [0.2, 0.25) is 103 Å². The molecular formula is C48H88O14Si6. The molecule has 0 saturated carbocycles. The van der Waals surface area contributed by atoms with Crippen LogP contribution in [0.4, 0.5) is 0 Å². The molecule has 0 aromatic heterocycles. The topological polar surface area (TPSA) is 183 Å². The maximum atomic E-state index is 12.1. The molecule has 0 bridgehead atoms. The monoisotopic (exact) mass is 1060 g/mol. The van der Waals surface area contributed by atoms with Gasteiger partial charge in [-0.3, -0.25) is 9.59 Å². The number of Topliss-reactive ketones (excluding diaryl/α,β-unsaturated/α-hetero) is 2. The standard InChI is InChI=1S/2C24H44O7Si3/c1-8-9-17-32(2,3)30-34(6,7)31-33(4,5)18-13-16-28-19-22(25)20-29-24(27)23(26)21-14-11-10-12-15-21;1-8-9-17-32(2,3)30-34(6,7)31-33(4,5)18-13-16-28-20-22(19-25)29-24(27)23(26)21-14-11-10-12-15-21/h2*10-12,14-15,22,25H,8-9,13,16-20H2,1-7H3. The van der Waals surface area contributed by atoms with Gasteiger partial charge in [0.25, 0.3) is 11.6 Å². The quantitative estimate of drug-likeness (QED) is 0.0222. The minimum absolute atomic E-state index is 0.0354. The molecule has 14 nitrogen and oxygen atoms in total. The minimum atomic E-state index is -2.21. The van der Waals surface area contributed by atoms with Gasteiger partial charge in [-0.25, -0.2) is 9.59 Å². The zero-order valence-electron chi connectivity index (χ0n) is 44.0. The van der Waals surface area contributed by atoms with Crippen molar-refractivity contribution in [2.24, 2.45) is 0 Å². The van der Waals surface area contributed by atoms with E-state index >= 15 is 0 Å². The van der Waals surface area contributed by atoms with Gasteiger partial charge in [0, 0.05) is 24.3 Å². The number of rotatable bonds is 34. The molecule has 0 fully saturated rings. The van der Waals surface area contributed by atoms with E-state index in [9.17, 15) is 29.4 Å². The Balaban J connectivity index is 0.000000680. The average molecular weight is 1060 g/mol. The van der Waals surface area contributed by atoms with Crippen LogP contribution in [0.5, 0.6) is 0 Å². The summed E-state index contributed by atoms with van der Waals surface area (Å²) < 4.78 is 47.6. The number of unbranched alkanes of at least 4 members (excludes halogenated alkanes) is 2. The summed E-state index contributed by atoms with van der Waals surface area (Å²) in [4.78, 5) is 48.0. The van der Waals surface area contributed by atoms with Crippen molar-refractivity contribution in [3.63, 3.8) is 0 Å². The van der Waals surface area contributed by atoms with Crippen molar-refractivity contribution < 1.29 is 64.8 Å². The van der Waals surface area contributed by atoms with Gasteiger partial charge in [-0.15, -0.1) is 0 Å². The number of ketones is 2. The molecule has 388 valence electrons. The largest absolute Gasteiger partial charge is 0.457 e. The van der Waals surface area contributed by atoms with Gasteiger partial charge in [0.1, 0.15) is 18.8 Å². The summed E-state index contributed by atoms with van der Waals surface area (Å²) in [7, 11) is -11.7. The molecule has 2 N–H and O–H groups in total. The van der Waals surface area contributed by atoms with Gasteiger partial charge in [-0.2, -0.15) is 0 Å². The number of aliphatic hydroxyl groups is 2. The van der Waals surface area contributed by atoms with Crippen molar-refractivity contribution in [2.75, 3.05) is 39.6 Å². The smallest absolute Gasteiger partial charge is 0.380 e. The van der Waals surface area contributed by atoms with Gasteiger partial charge in [0.15, 0.2) is 33.3 Å². The second-order valence-electron chi connectivity index (χ2n) is 20.7. The van der Waals surface area contributed by atoms with Gasteiger partial charge < -0.3 is 45.6 Å². The van der Waals surface area contributed by atoms with Crippen LogP contribution in [-0.2, 0) is 45.0 Å². The van der Waals surface area contributed by atoms with Gasteiger partial charge in [-0.05, 0) is 116 Å². The van der Waals surface area contributed by atoms with Crippen molar-refractivity contribution in [1.82, 2.24) is 0 Å². The molecule has 0 amide bonds. The van der Waals surface area contributed by atoms with Crippen molar-refractivity contribution in [3.05, 3.63) is 71.8 Å². The Morgan fingerprint density at radius 1 is 0.500 bits per heavy atom. The first-order valence-electron chi connectivity index (χ1n) is 24.4. The van der Waals surface area contributed by atoms with Gasteiger partial charge >= 0.3 is 29.1 Å². The fraction of sp³-hybridized carbons (Fsp3) is 0.667. The van der Waals surface area contributed by atoms with E-state index in [-0.39, 0.29) is 30.9 Å². The minimum Gasteiger partial charge on any atom is -0.457 e. The molecule has 2 aromatic rings. The van der Waals surface area contributed by atoms with Crippen molar-refractivity contribution in [3.8, 4) is 0 Å². The van der Waals surface area contributed by atoms with E-state index in [2.05, 4.69) is 92.4 Å². The highest BCUT2D eigenvalue weighted by Crippen LogP contribution is 2.28. The number of benzene rings is 2. The Hall–Kier alpha value is -2.30. The van der Waals surface area contributed by atoms with E-state index in [0.717, 1.165) is 37.0 Å². The lowest BCUT2D eigenvalue weighted by atomic mass is 10.1. The Labute approximate surface area is 415 Å². The number of esters is 2. The van der Waals surface area contributed by atoms with Crippen LogP contribution in [-0.4, -0.2) is 136 Å². The summed E-state index contributed by atoms with van der Waals surface area (Å²) in [5, 5.41) is 19.5. The number of hydrogen-bond acceptors (Lipinski definition) is 14. The summed E-state index contributed by atoms with van der Waals surface area (Å²) in [6, 6.07) is 20.6. The predicted octanol–water partition coefficient (Wildman–Crippen LogP) is 10.3. The van der Waals surface area contributed by atoms with E-state index in [1.807, 2.05) is 0 Å². The third kappa shape index (κ3) is 29.1. The molecule has 0 heterocycles. The summed E-state index contributed by atoms with van der Waals surface area (Å²) in [6.07, 6.45) is 4.53. The highest BCUT2D eigenvalue weighted by atomic mass is 28.5. The molecule has 0 aliphatic rings. The van der Waals surface area contributed by atoms with E-state index in [1.165, 1.54) is 25.7 Å². The van der Waals surface area contributed by atoms with Gasteiger partial charge in [0.05, 0.1) is 19.8 Å². The van der Waals surface area contributed by atoms with Crippen molar-refractivity contribution in [1.29, 1.82) is 0 Å². The number of ether oxygens (including phenoxy) is 4. The Morgan fingerprint density at radius 2 is 0.853 bits per heavy atom. The predicted molar refractivity (Wildman–Crippen MR) is 285 cm³/mol. The van der Waals surface area contributed by atoms with E-state index in [1.54, 1.807) is 60.7 Å². The Bertz CT molecular complexity index is 1760. The van der Waals surface area contributed by atoms with E-state index < -0.39 is 92.7 Å². The molecule has 0 aliphatic carbocycles. The molecule has 0 saturated heterocycles. The molecule has 0 spiro atoms. The van der Waals surface area contributed by atoms with Crippen LogP contribution < -0.4 is 0 Å². The zero-order valence-corrected chi connectivity index (χ0v) is 50.0. The Kier molecular flexibility index (Phi) is 29.3. The summed E-state index contributed by atoms with van der Waals surface area (Å²) in [6.45, 7) is 31.3. The number of aliphatic hydroxyl groups excluding tert-OH is 2. The number of carbonyl (C=O) groups is 4. The SMILES string of the molecule is CCCC[Si](C)(C)O[Si](C)(C)O[Si](C)(C)CCCOCC(CO)OC(=O)C(=O)c1ccccc1.CCCC[Si](C)(C)O[Si](C)(C)O[Si](C)(C)CCCOCC(O)COC(=O)C(=O)c1ccccc1. The highest BCUT2D eigenvalue weighted by molar-refractivity contribution is 6.88. The van der Waals surface area contributed by atoms with E-state index in [0.29, 0.717) is 13.2 Å². The summed E-state index contributed by atoms with van der Waals surface area (Å²) in [5.41, 5.74) is 0.514. The molecular weight excluding hydrogens is 969 g/mol. The molecule has 68 heavy (non-hydrogen) atoms. The lowest BCUT2D eigenvalue weighted by molar-refractivity contribution is -0.148. The first kappa shape index (κ1) is 63.7. The average Bonchev–Trinajstić information content (AvgIpc) is 3.24. The summed E-state index contributed by atoms with van der Waals surface area (Å²) in [5.74, 6) is -3.44. The normalized spacial score (nSPS) is 13.5. The fourth-order valence-electron chi connectivity index (χ4n) is 7.78. The lowest BCUT2D eigenvalue weighted by Crippen LogP contribution is -2.52. The number of carbonyl (C=O) groups excluding carboxylic acids is 4. The molecule has 2 unspecified atom stereocenters. The second kappa shape index (κ2) is 31.2. The molecule has 2 atom stereocenters. The van der Waals surface area contributed by atoms with Crippen LogP contribution in [0, 0.1) is 0 Å². The van der Waals surface area contributed by atoms with Crippen LogP contribution in [0.25, 0.3) is 0 Å². The summed E-state index contributed by atoms with van der Waals surface area (Å²) >= 11 is 0. The van der Waals surface area contributed by atoms with Gasteiger partial charge in [0.2, 0.25) is 0 Å². The van der Waals surface area contributed by atoms with Crippen LogP contribution in [0.3, 0.4) is 0 Å². The highest BCUT2D eigenvalue weighted by Gasteiger charge is 2.40. The Morgan fingerprint density at radius 3 is 1.22 bits per heavy atom. The second-order valence-corrected chi connectivity index (χ2v) is 45.6. The maximum absolute atomic E-state index is 12.1. The fourth-order valence-corrected chi connectivity index (χ4v) is 36.2. The van der Waals surface area contributed by atoms with Crippen LogP contribution >= 0.6 is 0 Å². The maximum Gasteiger partial charge on any atom is 0.380 e. The van der Waals surface area contributed by atoms with Crippen LogP contribution in [0.1, 0.15) is 73.1 Å². The lowest BCUT2D eigenvalue weighted by Gasteiger charge is -2.39. The van der Waals surface area contributed by atoms with E-state index in [4.69, 9.17) is 35.4 Å². The van der Waals surface area contributed by atoms with Gasteiger partial charge in [-0.1, -0.05) is 100 Å². The van der Waals surface area contributed by atoms with Crippen LogP contribution in [0.15, 0.2) is 60.7 Å². The van der Waals surface area contributed by atoms with Crippen molar-refractivity contribution >= 4 is 73.9 Å². The zero-order chi connectivity index (χ0) is 51.7. The number of hydrogen-bond donors (Lipinski definition) is 2. The first-order valence-corrected chi connectivity index (χ1v) is 42.5. The molecule has 0 radical (unpaired) electrons. The molecule has 0 aliphatic heterocycles. The first-order chi connectivity index (χ1) is 31.6. The molecule has 2 aromatic carbocycles. The third-order valence-electron chi connectivity index (χ3n) is 10.4.